The van der Waals surface area contributed by atoms with Gasteiger partial charge in [-0.15, -0.1) is 0 Å². The minimum atomic E-state index is -0.469. The Morgan fingerprint density at radius 1 is 1.33 bits per heavy atom. The van der Waals surface area contributed by atoms with Crippen LogP contribution in [0, 0.1) is 5.82 Å². The first-order valence-corrected chi connectivity index (χ1v) is 7.56. The quantitative estimate of drug-likeness (QED) is 0.853. The number of rotatable bonds is 2. The fraction of sp³-hybridized carbons (Fsp3) is 0.438. The van der Waals surface area contributed by atoms with Crippen molar-refractivity contribution in [3.05, 3.63) is 40.7 Å². The third-order valence-corrected chi connectivity index (χ3v) is 4.61. The van der Waals surface area contributed by atoms with E-state index in [9.17, 15) is 14.3 Å². The summed E-state index contributed by atoms with van der Waals surface area (Å²) in [6, 6.07) is 4.66. The zero-order chi connectivity index (χ0) is 15.0. The lowest BCUT2D eigenvalue weighted by Gasteiger charge is -2.36. The maximum Gasteiger partial charge on any atom is 0.247 e. The van der Waals surface area contributed by atoms with Gasteiger partial charge in [-0.25, -0.2) is 4.39 Å². The summed E-state index contributed by atoms with van der Waals surface area (Å²) in [4.78, 5) is 14.2. The molecule has 2 aliphatic heterocycles. The Labute approximate surface area is 128 Å². The number of halogens is 2. The second-order valence-electron chi connectivity index (χ2n) is 5.76. The van der Waals surface area contributed by atoms with Crippen molar-refractivity contribution < 1.29 is 14.3 Å². The second kappa shape index (κ2) is 5.78. The molecule has 1 N–H and O–H groups in total. The van der Waals surface area contributed by atoms with E-state index in [1.54, 1.807) is 12.1 Å². The number of fused-ring (bicyclic) bond motifs is 2. The first-order chi connectivity index (χ1) is 10.0. The van der Waals surface area contributed by atoms with E-state index in [0.717, 1.165) is 12.8 Å². The van der Waals surface area contributed by atoms with Gasteiger partial charge in [0, 0.05) is 18.2 Å². The normalized spacial score (nSPS) is 28.3. The van der Waals surface area contributed by atoms with Crippen LogP contribution in [0.5, 0.6) is 0 Å². The zero-order valence-corrected chi connectivity index (χ0v) is 12.3. The highest BCUT2D eigenvalue weighted by molar-refractivity contribution is 6.30. The summed E-state index contributed by atoms with van der Waals surface area (Å²) in [5.74, 6) is -0.516. The molecule has 2 atom stereocenters. The van der Waals surface area contributed by atoms with E-state index >= 15 is 0 Å². The average Bonchev–Trinajstić information content (AvgIpc) is 2.72. The number of carbonyl (C=O) groups is 1. The standard InChI is InChI=1S/C16H17ClFNO2/c17-14-7-10(1-5-15(14)18)2-6-16(21)19-11-3-4-12(19)9-13(20)8-11/h1-2,5-7,11-13,20H,3-4,8-9H2. The summed E-state index contributed by atoms with van der Waals surface area (Å²) in [7, 11) is 0. The van der Waals surface area contributed by atoms with Crippen LogP contribution in [0.15, 0.2) is 24.3 Å². The van der Waals surface area contributed by atoms with Crippen LogP contribution in [0.3, 0.4) is 0 Å². The van der Waals surface area contributed by atoms with Crippen molar-refractivity contribution in [2.75, 3.05) is 0 Å². The van der Waals surface area contributed by atoms with Gasteiger partial charge in [0.1, 0.15) is 5.82 Å². The van der Waals surface area contributed by atoms with Crippen molar-refractivity contribution >= 4 is 23.6 Å². The van der Waals surface area contributed by atoms with Gasteiger partial charge in [-0.1, -0.05) is 17.7 Å². The molecule has 0 spiro atoms. The molecule has 21 heavy (non-hydrogen) atoms. The second-order valence-corrected chi connectivity index (χ2v) is 6.17. The van der Waals surface area contributed by atoms with Crippen LogP contribution in [-0.2, 0) is 4.79 Å². The fourth-order valence-electron chi connectivity index (χ4n) is 3.38. The molecule has 2 aliphatic rings. The average molecular weight is 310 g/mol. The first kappa shape index (κ1) is 14.5. The van der Waals surface area contributed by atoms with Crippen LogP contribution >= 0.6 is 11.6 Å². The van der Waals surface area contributed by atoms with Gasteiger partial charge in [0.15, 0.2) is 0 Å². The molecule has 3 nitrogen and oxygen atoms in total. The number of aliphatic hydroxyl groups excluding tert-OH is 1. The molecule has 5 heteroatoms. The molecule has 0 radical (unpaired) electrons. The molecule has 112 valence electrons. The highest BCUT2D eigenvalue weighted by Crippen LogP contribution is 2.35. The van der Waals surface area contributed by atoms with Crippen molar-refractivity contribution in [3.63, 3.8) is 0 Å². The lowest BCUT2D eigenvalue weighted by atomic mass is 10.00. The summed E-state index contributed by atoms with van der Waals surface area (Å²) in [6.07, 6.45) is 6.13. The van der Waals surface area contributed by atoms with E-state index in [1.165, 1.54) is 18.2 Å². The van der Waals surface area contributed by atoms with E-state index in [0.29, 0.717) is 18.4 Å². The van der Waals surface area contributed by atoms with Gasteiger partial charge in [-0.3, -0.25) is 4.79 Å². The smallest absolute Gasteiger partial charge is 0.247 e. The Bertz CT molecular complexity index is 576. The van der Waals surface area contributed by atoms with Crippen molar-refractivity contribution in [1.82, 2.24) is 4.90 Å². The lowest BCUT2D eigenvalue weighted by Crippen LogP contribution is -2.47. The van der Waals surface area contributed by atoms with Crippen LogP contribution in [0.4, 0.5) is 4.39 Å². The summed E-state index contributed by atoms with van der Waals surface area (Å²) >= 11 is 5.72. The Morgan fingerprint density at radius 3 is 2.62 bits per heavy atom. The summed E-state index contributed by atoms with van der Waals surface area (Å²) in [5.41, 5.74) is 0.694. The molecule has 2 unspecified atom stereocenters. The predicted octanol–water partition coefficient (Wildman–Crippen LogP) is 3.01. The number of amides is 1. The Hall–Kier alpha value is -1.39. The maximum absolute atomic E-state index is 13.1. The van der Waals surface area contributed by atoms with Crippen LogP contribution < -0.4 is 0 Å². The monoisotopic (exact) mass is 309 g/mol. The van der Waals surface area contributed by atoms with E-state index in [4.69, 9.17) is 11.6 Å². The highest BCUT2D eigenvalue weighted by atomic mass is 35.5. The van der Waals surface area contributed by atoms with Crippen LogP contribution in [0.1, 0.15) is 31.2 Å². The predicted molar refractivity (Wildman–Crippen MR) is 79.3 cm³/mol. The number of carbonyl (C=O) groups excluding carboxylic acids is 1. The number of piperidine rings is 1. The number of hydrogen-bond acceptors (Lipinski definition) is 2. The molecule has 1 amide bonds. The largest absolute Gasteiger partial charge is 0.393 e. The molecule has 2 heterocycles. The van der Waals surface area contributed by atoms with E-state index in [2.05, 4.69) is 0 Å². The SMILES string of the molecule is O=C(C=Cc1ccc(F)c(Cl)c1)N1C2CCC1CC(O)C2. The van der Waals surface area contributed by atoms with Gasteiger partial charge in [0.05, 0.1) is 11.1 Å². The Balaban J connectivity index is 1.71. The number of nitrogens with zero attached hydrogens (tertiary/aromatic N) is 1. The van der Waals surface area contributed by atoms with Crippen molar-refractivity contribution in [2.45, 2.75) is 43.9 Å². The van der Waals surface area contributed by atoms with Gasteiger partial charge in [-0.05, 0) is 49.5 Å². The van der Waals surface area contributed by atoms with Crippen molar-refractivity contribution in [2.24, 2.45) is 0 Å². The molecule has 2 saturated heterocycles. The van der Waals surface area contributed by atoms with Crippen LogP contribution in [-0.4, -0.2) is 34.1 Å². The van der Waals surface area contributed by atoms with Crippen molar-refractivity contribution in [3.8, 4) is 0 Å². The van der Waals surface area contributed by atoms with Gasteiger partial charge < -0.3 is 10.0 Å². The molecule has 3 rings (SSSR count). The Kier molecular flexibility index (Phi) is 4.00. The number of aliphatic hydroxyl groups is 1. The highest BCUT2D eigenvalue weighted by Gasteiger charge is 2.41. The minimum absolute atomic E-state index is 0.0464. The number of hydrogen-bond donors (Lipinski definition) is 1. The summed E-state index contributed by atoms with van der Waals surface area (Å²) in [6.45, 7) is 0. The van der Waals surface area contributed by atoms with Gasteiger partial charge in [0.25, 0.3) is 0 Å². The van der Waals surface area contributed by atoms with Gasteiger partial charge >= 0.3 is 0 Å². The molecular formula is C16H17ClFNO2. The number of benzene rings is 1. The minimum Gasteiger partial charge on any atom is -0.393 e. The van der Waals surface area contributed by atoms with Gasteiger partial charge in [0.2, 0.25) is 5.91 Å². The van der Waals surface area contributed by atoms with E-state index in [-0.39, 0.29) is 29.1 Å². The molecule has 1 aromatic rings. The zero-order valence-electron chi connectivity index (χ0n) is 11.5. The molecule has 0 saturated carbocycles. The fourth-order valence-corrected chi connectivity index (χ4v) is 3.57. The third-order valence-electron chi connectivity index (χ3n) is 4.32. The maximum atomic E-state index is 13.1. The molecule has 2 bridgehead atoms. The topological polar surface area (TPSA) is 40.5 Å². The molecule has 0 aromatic heterocycles. The van der Waals surface area contributed by atoms with Crippen molar-refractivity contribution in [1.29, 1.82) is 0 Å². The van der Waals surface area contributed by atoms with E-state index in [1.807, 2.05) is 4.90 Å². The first-order valence-electron chi connectivity index (χ1n) is 7.18. The molecule has 1 aromatic carbocycles. The van der Waals surface area contributed by atoms with E-state index < -0.39 is 5.82 Å². The van der Waals surface area contributed by atoms with Crippen LogP contribution in [0.25, 0.3) is 6.08 Å². The van der Waals surface area contributed by atoms with Gasteiger partial charge in [-0.2, -0.15) is 0 Å². The Morgan fingerprint density at radius 2 is 2.00 bits per heavy atom. The molecule has 0 aliphatic carbocycles. The summed E-state index contributed by atoms with van der Waals surface area (Å²) < 4.78 is 13.1. The molecular weight excluding hydrogens is 293 g/mol. The molecule has 2 fully saturated rings. The summed E-state index contributed by atoms with van der Waals surface area (Å²) in [5, 5.41) is 9.79. The lowest BCUT2D eigenvalue weighted by molar-refractivity contribution is -0.131. The third kappa shape index (κ3) is 2.97. The van der Waals surface area contributed by atoms with Crippen LogP contribution in [0.2, 0.25) is 5.02 Å².